The normalized spacial score (nSPS) is 10.1. The molecular formula is C20H18N4O3. The Morgan fingerprint density at radius 2 is 1.63 bits per heavy atom. The Labute approximate surface area is 156 Å². The van der Waals surface area contributed by atoms with E-state index in [1.54, 1.807) is 55.6 Å². The van der Waals surface area contributed by atoms with Gasteiger partial charge in [-0.3, -0.25) is 9.59 Å². The number of benzene rings is 2. The van der Waals surface area contributed by atoms with Crippen LogP contribution in [-0.4, -0.2) is 28.8 Å². The summed E-state index contributed by atoms with van der Waals surface area (Å²) in [5.41, 5.74) is 2.32. The highest BCUT2D eigenvalue weighted by atomic mass is 16.5. The molecule has 1 aromatic heterocycles. The number of nitrogens with one attached hydrogen (secondary N) is 2. The van der Waals surface area contributed by atoms with Gasteiger partial charge in [0.15, 0.2) is 5.78 Å². The van der Waals surface area contributed by atoms with E-state index in [0.717, 1.165) is 5.69 Å². The quantitative estimate of drug-likeness (QED) is 0.650. The molecule has 0 fully saturated rings. The predicted molar refractivity (Wildman–Crippen MR) is 103 cm³/mol. The van der Waals surface area contributed by atoms with Gasteiger partial charge in [-0.2, -0.15) is 0 Å². The molecule has 27 heavy (non-hydrogen) atoms. The van der Waals surface area contributed by atoms with E-state index < -0.39 is 0 Å². The van der Waals surface area contributed by atoms with Gasteiger partial charge in [-0.15, -0.1) is 0 Å². The second-order valence-corrected chi connectivity index (χ2v) is 5.74. The van der Waals surface area contributed by atoms with E-state index in [0.29, 0.717) is 28.5 Å². The fourth-order valence-electron chi connectivity index (χ4n) is 2.33. The van der Waals surface area contributed by atoms with Crippen molar-refractivity contribution in [1.29, 1.82) is 0 Å². The number of carbonyl (C=O) groups is 2. The predicted octanol–water partition coefficient (Wildman–Crippen LogP) is 3.68. The minimum atomic E-state index is -0.319. The largest absolute Gasteiger partial charge is 0.497 e. The fourth-order valence-corrected chi connectivity index (χ4v) is 2.33. The minimum absolute atomic E-state index is 0.00389. The van der Waals surface area contributed by atoms with Crippen LogP contribution in [-0.2, 0) is 0 Å². The summed E-state index contributed by atoms with van der Waals surface area (Å²) in [6.07, 6.45) is 2.88. The summed E-state index contributed by atoms with van der Waals surface area (Å²) in [6.45, 7) is 1.51. The number of ketones is 1. The molecule has 7 nitrogen and oxygen atoms in total. The Kier molecular flexibility index (Phi) is 5.41. The third kappa shape index (κ3) is 4.66. The molecule has 2 aromatic carbocycles. The third-order valence-corrected chi connectivity index (χ3v) is 3.79. The van der Waals surface area contributed by atoms with Crippen LogP contribution in [0, 0.1) is 0 Å². The number of methoxy groups -OCH3 is 1. The molecule has 3 rings (SSSR count). The lowest BCUT2D eigenvalue weighted by molar-refractivity contribution is 0.101. The molecule has 0 spiro atoms. The second kappa shape index (κ2) is 8.09. The first-order valence-corrected chi connectivity index (χ1v) is 8.20. The Morgan fingerprint density at radius 3 is 2.26 bits per heavy atom. The van der Waals surface area contributed by atoms with Crippen molar-refractivity contribution in [3.8, 4) is 5.75 Å². The van der Waals surface area contributed by atoms with Crippen molar-refractivity contribution in [2.45, 2.75) is 6.92 Å². The van der Waals surface area contributed by atoms with Crippen molar-refractivity contribution >= 4 is 29.0 Å². The first-order chi connectivity index (χ1) is 13.0. The number of ether oxygens (including phenoxy) is 1. The van der Waals surface area contributed by atoms with Gasteiger partial charge in [-0.05, 0) is 43.3 Å². The lowest BCUT2D eigenvalue weighted by Crippen LogP contribution is -2.13. The molecule has 0 saturated heterocycles. The highest BCUT2D eigenvalue weighted by molar-refractivity contribution is 6.04. The molecule has 7 heteroatoms. The number of nitrogens with zero attached hydrogens (tertiary/aromatic N) is 2. The lowest BCUT2D eigenvalue weighted by Gasteiger charge is -2.08. The number of rotatable bonds is 6. The van der Waals surface area contributed by atoms with E-state index in [1.165, 1.54) is 19.3 Å². The van der Waals surface area contributed by atoms with Gasteiger partial charge in [0.2, 0.25) is 5.95 Å². The van der Waals surface area contributed by atoms with Crippen LogP contribution < -0.4 is 15.4 Å². The minimum Gasteiger partial charge on any atom is -0.497 e. The summed E-state index contributed by atoms with van der Waals surface area (Å²) in [5.74, 6) is 0.688. The number of anilines is 3. The van der Waals surface area contributed by atoms with Gasteiger partial charge in [-0.1, -0.05) is 6.07 Å². The van der Waals surface area contributed by atoms with Gasteiger partial charge in [0.05, 0.1) is 12.7 Å². The molecule has 0 aliphatic carbocycles. The van der Waals surface area contributed by atoms with Crippen molar-refractivity contribution in [2.75, 3.05) is 17.7 Å². The number of hydrogen-bond donors (Lipinski definition) is 2. The maximum atomic E-state index is 12.3. The van der Waals surface area contributed by atoms with Crippen LogP contribution in [0.25, 0.3) is 0 Å². The first-order valence-electron chi connectivity index (χ1n) is 8.20. The number of Topliss-reactive ketones (excluding diaryl/α,β-unsaturated/α-hetero) is 1. The van der Waals surface area contributed by atoms with Crippen LogP contribution >= 0.6 is 0 Å². The van der Waals surface area contributed by atoms with E-state index in [9.17, 15) is 9.59 Å². The summed E-state index contributed by atoms with van der Waals surface area (Å²) in [5, 5.41) is 5.79. The van der Waals surface area contributed by atoms with Gasteiger partial charge >= 0.3 is 0 Å². The van der Waals surface area contributed by atoms with Crippen molar-refractivity contribution < 1.29 is 14.3 Å². The SMILES string of the molecule is COc1cccc(NC(=O)c2cnc(Nc3ccc(C(C)=O)cc3)nc2)c1. The topological polar surface area (TPSA) is 93.2 Å². The van der Waals surface area contributed by atoms with Crippen molar-refractivity contribution in [3.63, 3.8) is 0 Å². The standard InChI is InChI=1S/C20H18N4O3/c1-13(25)14-6-8-16(9-7-14)24-20-21-11-15(12-22-20)19(26)23-17-4-3-5-18(10-17)27-2/h3-12H,1-2H3,(H,23,26)(H,21,22,24). The van der Waals surface area contributed by atoms with Crippen molar-refractivity contribution in [3.05, 3.63) is 72.1 Å². The molecule has 2 N–H and O–H groups in total. The molecule has 3 aromatic rings. The Bertz CT molecular complexity index is 954. The smallest absolute Gasteiger partial charge is 0.258 e. The summed E-state index contributed by atoms with van der Waals surface area (Å²) in [7, 11) is 1.56. The molecule has 0 saturated carbocycles. The summed E-state index contributed by atoms with van der Waals surface area (Å²) in [6, 6.07) is 14.0. The van der Waals surface area contributed by atoms with Crippen LogP contribution in [0.15, 0.2) is 60.9 Å². The number of aromatic nitrogens is 2. The summed E-state index contributed by atoms with van der Waals surface area (Å²) < 4.78 is 5.13. The highest BCUT2D eigenvalue weighted by Gasteiger charge is 2.09. The first kappa shape index (κ1) is 18.1. The fraction of sp³-hybridized carbons (Fsp3) is 0.100. The average Bonchev–Trinajstić information content (AvgIpc) is 2.69. The summed E-state index contributed by atoms with van der Waals surface area (Å²) >= 11 is 0. The van der Waals surface area contributed by atoms with E-state index >= 15 is 0 Å². The third-order valence-electron chi connectivity index (χ3n) is 3.79. The Hall–Kier alpha value is -3.74. The average molecular weight is 362 g/mol. The lowest BCUT2D eigenvalue weighted by atomic mass is 10.1. The summed E-state index contributed by atoms with van der Waals surface area (Å²) in [4.78, 5) is 31.9. The Balaban J connectivity index is 1.65. The van der Waals surface area contributed by atoms with Gasteiger partial charge in [-0.25, -0.2) is 9.97 Å². The highest BCUT2D eigenvalue weighted by Crippen LogP contribution is 2.18. The number of amides is 1. The molecule has 0 bridgehead atoms. The zero-order valence-corrected chi connectivity index (χ0v) is 14.9. The van der Waals surface area contributed by atoms with E-state index in [4.69, 9.17) is 4.74 Å². The monoisotopic (exact) mass is 362 g/mol. The van der Waals surface area contributed by atoms with E-state index in [-0.39, 0.29) is 11.7 Å². The van der Waals surface area contributed by atoms with E-state index in [1.807, 2.05) is 0 Å². The molecule has 0 atom stereocenters. The Morgan fingerprint density at radius 1 is 0.926 bits per heavy atom. The van der Waals surface area contributed by atoms with E-state index in [2.05, 4.69) is 20.6 Å². The maximum Gasteiger partial charge on any atom is 0.258 e. The molecule has 0 aliphatic heterocycles. The zero-order chi connectivity index (χ0) is 19.2. The van der Waals surface area contributed by atoms with Gasteiger partial charge < -0.3 is 15.4 Å². The molecule has 0 unspecified atom stereocenters. The van der Waals surface area contributed by atoms with Gasteiger partial charge in [0.25, 0.3) is 5.91 Å². The van der Waals surface area contributed by atoms with Crippen LogP contribution in [0.1, 0.15) is 27.6 Å². The van der Waals surface area contributed by atoms with Crippen LogP contribution in [0.2, 0.25) is 0 Å². The molecule has 1 amide bonds. The number of carbonyl (C=O) groups excluding carboxylic acids is 2. The maximum absolute atomic E-state index is 12.3. The molecular weight excluding hydrogens is 344 g/mol. The van der Waals surface area contributed by atoms with Crippen LogP contribution in [0.3, 0.4) is 0 Å². The van der Waals surface area contributed by atoms with Crippen LogP contribution in [0.5, 0.6) is 5.75 Å². The van der Waals surface area contributed by atoms with Gasteiger partial charge in [0, 0.05) is 35.4 Å². The zero-order valence-electron chi connectivity index (χ0n) is 14.9. The molecule has 0 radical (unpaired) electrons. The molecule has 1 heterocycles. The van der Waals surface area contributed by atoms with Crippen molar-refractivity contribution in [2.24, 2.45) is 0 Å². The second-order valence-electron chi connectivity index (χ2n) is 5.74. The van der Waals surface area contributed by atoms with Crippen LogP contribution in [0.4, 0.5) is 17.3 Å². The molecule has 136 valence electrons. The molecule has 0 aliphatic rings. The van der Waals surface area contributed by atoms with Gasteiger partial charge in [0.1, 0.15) is 5.75 Å². The number of hydrogen-bond acceptors (Lipinski definition) is 6. The van der Waals surface area contributed by atoms with Crippen molar-refractivity contribution in [1.82, 2.24) is 9.97 Å².